The maximum absolute atomic E-state index is 12.0. The number of nitrogens with zero attached hydrogens (tertiary/aromatic N) is 1. The van der Waals surface area contributed by atoms with Crippen LogP contribution in [0, 0.1) is 0 Å². The van der Waals surface area contributed by atoms with Crippen molar-refractivity contribution in [3.05, 3.63) is 0 Å². The van der Waals surface area contributed by atoms with Gasteiger partial charge in [0, 0.05) is 12.1 Å². The largest absolute Gasteiger partial charge is 0.465 e. The Hall–Kier alpha value is -0.610. The lowest BCUT2D eigenvalue weighted by Crippen LogP contribution is -2.48. The zero-order chi connectivity index (χ0) is 13.5. The van der Waals surface area contributed by atoms with Crippen molar-refractivity contribution in [2.75, 3.05) is 13.7 Å². The number of carbonyl (C=O) groups is 1. The quantitative estimate of drug-likeness (QED) is 0.738. The number of ether oxygens (including phenoxy) is 1. The Labute approximate surface area is 111 Å². The monoisotopic (exact) mass is 256 g/mol. The summed E-state index contributed by atoms with van der Waals surface area (Å²) in [7, 11) is 2.05. The van der Waals surface area contributed by atoms with Gasteiger partial charge in [-0.3, -0.25) is 9.69 Å². The summed E-state index contributed by atoms with van der Waals surface area (Å²) < 4.78 is 5.18. The van der Waals surface area contributed by atoms with Gasteiger partial charge in [-0.25, -0.2) is 0 Å². The van der Waals surface area contributed by atoms with Gasteiger partial charge in [0.25, 0.3) is 0 Å². The van der Waals surface area contributed by atoms with Gasteiger partial charge < -0.3 is 10.5 Å². The van der Waals surface area contributed by atoms with E-state index < -0.39 is 0 Å². The van der Waals surface area contributed by atoms with E-state index in [2.05, 4.69) is 18.9 Å². The maximum Gasteiger partial charge on any atom is 0.323 e. The lowest BCUT2D eigenvalue weighted by atomic mass is 9.90. The van der Waals surface area contributed by atoms with E-state index in [1.54, 1.807) is 0 Å². The molecule has 1 unspecified atom stereocenters. The summed E-state index contributed by atoms with van der Waals surface area (Å²) in [4.78, 5) is 14.2. The van der Waals surface area contributed by atoms with E-state index in [0.717, 1.165) is 38.5 Å². The molecule has 106 valence electrons. The van der Waals surface area contributed by atoms with Gasteiger partial charge in [0.05, 0.1) is 6.61 Å². The molecule has 1 aliphatic carbocycles. The molecule has 0 spiro atoms. The highest BCUT2D eigenvalue weighted by atomic mass is 16.5. The van der Waals surface area contributed by atoms with E-state index in [0.29, 0.717) is 18.7 Å². The molecule has 1 aliphatic rings. The van der Waals surface area contributed by atoms with Crippen LogP contribution in [0.5, 0.6) is 0 Å². The Morgan fingerprint density at radius 2 is 1.94 bits per heavy atom. The molecular weight excluding hydrogens is 228 g/mol. The predicted octanol–water partition coefficient (Wildman–Crippen LogP) is 1.92. The van der Waals surface area contributed by atoms with Crippen LogP contribution in [0.2, 0.25) is 0 Å². The zero-order valence-corrected chi connectivity index (χ0v) is 12.0. The van der Waals surface area contributed by atoms with Crippen molar-refractivity contribution in [3.63, 3.8) is 0 Å². The van der Waals surface area contributed by atoms with Gasteiger partial charge in [0.1, 0.15) is 6.04 Å². The van der Waals surface area contributed by atoms with Gasteiger partial charge in [-0.15, -0.1) is 0 Å². The fraction of sp³-hybridized carbons (Fsp3) is 0.929. The Kier molecular flexibility index (Phi) is 6.65. The molecule has 4 heteroatoms. The molecule has 0 aliphatic heterocycles. The standard InChI is InChI=1S/C14H28N2O2/c1-4-6-13(14(17)18-5-2)16(3)12-9-7-11(15)8-10-12/h11-13H,4-10,15H2,1-3H3. The first-order valence-electron chi connectivity index (χ1n) is 7.24. The molecule has 1 rings (SSSR count). The van der Waals surface area contributed by atoms with Crippen LogP contribution in [-0.4, -0.2) is 42.6 Å². The Morgan fingerprint density at radius 1 is 1.33 bits per heavy atom. The zero-order valence-electron chi connectivity index (χ0n) is 12.0. The number of hydrogen-bond donors (Lipinski definition) is 1. The first-order valence-corrected chi connectivity index (χ1v) is 7.24. The lowest BCUT2D eigenvalue weighted by Gasteiger charge is -2.37. The molecular formula is C14H28N2O2. The molecule has 0 radical (unpaired) electrons. The summed E-state index contributed by atoms with van der Waals surface area (Å²) in [5.74, 6) is -0.0725. The third kappa shape index (κ3) is 4.25. The van der Waals surface area contributed by atoms with Gasteiger partial charge >= 0.3 is 5.97 Å². The van der Waals surface area contributed by atoms with Crippen molar-refractivity contribution in [1.29, 1.82) is 0 Å². The Morgan fingerprint density at radius 3 is 2.44 bits per heavy atom. The summed E-state index contributed by atoms with van der Waals surface area (Å²) in [6, 6.07) is 0.738. The number of hydrogen-bond acceptors (Lipinski definition) is 4. The Balaban J connectivity index is 2.58. The third-order valence-electron chi connectivity index (χ3n) is 3.93. The fourth-order valence-corrected chi connectivity index (χ4v) is 2.76. The second-order valence-electron chi connectivity index (χ2n) is 5.29. The van der Waals surface area contributed by atoms with Crippen LogP contribution in [0.25, 0.3) is 0 Å². The Bertz CT molecular complexity index is 250. The highest BCUT2D eigenvalue weighted by Crippen LogP contribution is 2.24. The molecule has 0 aromatic heterocycles. The van der Waals surface area contributed by atoms with Gasteiger partial charge in [-0.05, 0) is 46.1 Å². The van der Waals surface area contributed by atoms with Crippen LogP contribution in [0.3, 0.4) is 0 Å². The minimum Gasteiger partial charge on any atom is -0.465 e. The van der Waals surface area contributed by atoms with Crippen LogP contribution < -0.4 is 5.73 Å². The van der Waals surface area contributed by atoms with Crippen LogP contribution in [0.4, 0.5) is 0 Å². The number of likely N-dealkylation sites (N-methyl/N-ethyl adjacent to an activating group) is 1. The van der Waals surface area contributed by atoms with E-state index in [1.807, 2.05) is 6.92 Å². The van der Waals surface area contributed by atoms with Crippen LogP contribution >= 0.6 is 0 Å². The van der Waals surface area contributed by atoms with Crippen molar-refractivity contribution in [2.24, 2.45) is 5.73 Å². The highest BCUT2D eigenvalue weighted by Gasteiger charge is 2.30. The average molecular weight is 256 g/mol. The molecule has 0 heterocycles. The van der Waals surface area contributed by atoms with E-state index in [-0.39, 0.29) is 12.0 Å². The summed E-state index contributed by atoms with van der Waals surface area (Å²) in [5.41, 5.74) is 5.93. The molecule has 18 heavy (non-hydrogen) atoms. The summed E-state index contributed by atoms with van der Waals surface area (Å²) in [5, 5.41) is 0. The van der Waals surface area contributed by atoms with E-state index in [1.165, 1.54) is 0 Å². The number of nitrogens with two attached hydrogens (primary N) is 1. The first-order chi connectivity index (χ1) is 8.60. The molecule has 0 amide bonds. The molecule has 0 aromatic rings. The molecule has 1 saturated carbocycles. The predicted molar refractivity (Wildman–Crippen MR) is 73.3 cm³/mol. The average Bonchev–Trinajstić information content (AvgIpc) is 2.36. The van der Waals surface area contributed by atoms with E-state index in [9.17, 15) is 4.79 Å². The highest BCUT2D eigenvalue weighted by molar-refractivity contribution is 5.75. The normalized spacial score (nSPS) is 26.1. The maximum atomic E-state index is 12.0. The SMILES string of the molecule is CCCC(C(=O)OCC)N(C)C1CCC(N)CC1. The van der Waals surface area contributed by atoms with Crippen LogP contribution in [0.1, 0.15) is 52.4 Å². The van der Waals surface area contributed by atoms with Gasteiger partial charge in [0.15, 0.2) is 0 Å². The molecule has 4 nitrogen and oxygen atoms in total. The summed E-state index contributed by atoms with van der Waals surface area (Å²) in [6.07, 6.45) is 6.19. The second kappa shape index (κ2) is 7.74. The summed E-state index contributed by atoms with van der Waals surface area (Å²) >= 11 is 0. The minimum atomic E-state index is -0.0886. The second-order valence-corrected chi connectivity index (χ2v) is 5.29. The van der Waals surface area contributed by atoms with Crippen LogP contribution in [-0.2, 0) is 9.53 Å². The molecule has 0 saturated heterocycles. The molecule has 1 atom stereocenters. The first kappa shape index (κ1) is 15.4. The van der Waals surface area contributed by atoms with Gasteiger partial charge in [0.2, 0.25) is 0 Å². The minimum absolute atomic E-state index is 0.0725. The topological polar surface area (TPSA) is 55.6 Å². The van der Waals surface area contributed by atoms with Gasteiger partial charge in [-0.1, -0.05) is 13.3 Å². The molecule has 1 fully saturated rings. The lowest BCUT2D eigenvalue weighted by molar-refractivity contribution is -0.150. The molecule has 2 N–H and O–H groups in total. The third-order valence-corrected chi connectivity index (χ3v) is 3.93. The summed E-state index contributed by atoms with van der Waals surface area (Å²) in [6.45, 7) is 4.43. The molecule has 0 bridgehead atoms. The van der Waals surface area contributed by atoms with Crippen molar-refractivity contribution in [1.82, 2.24) is 4.90 Å². The fourth-order valence-electron chi connectivity index (χ4n) is 2.76. The van der Waals surface area contributed by atoms with E-state index in [4.69, 9.17) is 10.5 Å². The van der Waals surface area contributed by atoms with Crippen molar-refractivity contribution in [3.8, 4) is 0 Å². The number of carbonyl (C=O) groups excluding carboxylic acids is 1. The molecule has 0 aromatic carbocycles. The van der Waals surface area contributed by atoms with Crippen molar-refractivity contribution in [2.45, 2.75) is 70.5 Å². The van der Waals surface area contributed by atoms with Crippen molar-refractivity contribution < 1.29 is 9.53 Å². The van der Waals surface area contributed by atoms with Gasteiger partial charge in [-0.2, -0.15) is 0 Å². The van der Waals surface area contributed by atoms with E-state index >= 15 is 0 Å². The number of rotatable bonds is 6. The smallest absolute Gasteiger partial charge is 0.323 e. The number of esters is 1. The van der Waals surface area contributed by atoms with Crippen LogP contribution in [0.15, 0.2) is 0 Å². The van der Waals surface area contributed by atoms with Crippen molar-refractivity contribution >= 4 is 5.97 Å².